The molecule has 0 aliphatic carbocycles. The molecule has 0 bridgehead atoms. The molecule has 1 N–H and O–H groups in total. The molecular formula is C15H19N9. The fourth-order valence-electron chi connectivity index (χ4n) is 2.93. The van der Waals surface area contributed by atoms with E-state index in [1.807, 2.05) is 13.1 Å². The lowest BCUT2D eigenvalue weighted by molar-refractivity contribution is 0.609. The van der Waals surface area contributed by atoms with E-state index in [1.165, 1.54) is 25.6 Å². The van der Waals surface area contributed by atoms with Crippen LogP contribution < -0.4 is 5.32 Å². The third-order valence-electron chi connectivity index (χ3n) is 4.19. The van der Waals surface area contributed by atoms with Crippen molar-refractivity contribution < 1.29 is 0 Å². The summed E-state index contributed by atoms with van der Waals surface area (Å²) in [5.41, 5.74) is 0.729. The Morgan fingerprint density at radius 3 is 3.00 bits per heavy atom. The minimum atomic E-state index is 0.543. The summed E-state index contributed by atoms with van der Waals surface area (Å²) in [5, 5.41) is 15.9. The molecule has 124 valence electrons. The van der Waals surface area contributed by atoms with Crippen LogP contribution in [0.15, 0.2) is 18.6 Å². The van der Waals surface area contributed by atoms with Crippen LogP contribution in [0.2, 0.25) is 0 Å². The molecule has 0 radical (unpaired) electrons. The average molecular weight is 325 g/mol. The van der Waals surface area contributed by atoms with Gasteiger partial charge in [0.15, 0.2) is 11.6 Å². The quantitative estimate of drug-likeness (QED) is 0.769. The van der Waals surface area contributed by atoms with Crippen LogP contribution >= 0.6 is 0 Å². The third-order valence-corrected chi connectivity index (χ3v) is 4.19. The zero-order valence-corrected chi connectivity index (χ0v) is 13.6. The van der Waals surface area contributed by atoms with Gasteiger partial charge in [-0.2, -0.15) is 5.10 Å². The number of anilines is 1. The molecule has 0 atom stereocenters. The van der Waals surface area contributed by atoms with Gasteiger partial charge in [0.05, 0.1) is 6.54 Å². The summed E-state index contributed by atoms with van der Waals surface area (Å²) >= 11 is 0. The van der Waals surface area contributed by atoms with E-state index in [4.69, 9.17) is 0 Å². The van der Waals surface area contributed by atoms with E-state index in [2.05, 4.69) is 40.1 Å². The molecule has 9 heteroatoms. The van der Waals surface area contributed by atoms with Gasteiger partial charge in [0.25, 0.3) is 0 Å². The molecule has 0 amide bonds. The Kier molecular flexibility index (Phi) is 3.89. The average Bonchev–Trinajstić information content (AvgIpc) is 3.12. The van der Waals surface area contributed by atoms with Crippen LogP contribution in [0.3, 0.4) is 0 Å². The van der Waals surface area contributed by atoms with E-state index in [1.54, 1.807) is 10.9 Å². The first-order valence-electron chi connectivity index (χ1n) is 8.13. The lowest BCUT2D eigenvalue weighted by Crippen LogP contribution is -2.12. The summed E-state index contributed by atoms with van der Waals surface area (Å²) in [6.45, 7) is 1.54. The molecule has 1 aliphatic heterocycles. The minimum absolute atomic E-state index is 0.543. The highest BCUT2D eigenvalue weighted by Crippen LogP contribution is 2.16. The molecule has 0 aromatic carbocycles. The highest BCUT2D eigenvalue weighted by atomic mass is 15.3. The van der Waals surface area contributed by atoms with E-state index < -0.39 is 0 Å². The standard InChI is InChI=1S/C15H19N9/c1-23-14(18-10-19-23)11-6-7-16-15(20-11)17-9-13-22-21-12-5-3-2-4-8-24(12)13/h6-7,10H,2-5,8-9H2,1H3,(H,16,17,20). The Morgan fingerprint density at radius 1 is 1.17 bits per heavy atom. The number of nitrogens with zero attached hydrogens (tertiary/aromatic N) is 8. The highest BCUT2D eigenvalue weighted by molar-refractivity contribution is 5.50. The molecule has 3 aromatic rings. The number of fused-ring (bicyclic) bond motifs is 1. The first-order chi connectivity index (χ1) is 11.8. The van der Waals surface area contributed by atoms with Gasteiger partial charge in [-0.05, 0) is 18.9 Å². The third kappa shape index (κ3) is 2.84. The fourth-order valence-corrected chi connectivity index (χ4v) is 2.93. The monoisotopic (exact) mass is 325 g/mol. The van der Waals surface area contributed by atoms with Crippen LogP contribution in [0, 0.1) is 0 Å². The van der Waals surface area contributed by atoms with Crippen molar-refractivity contribution >= 4 is 5.95 Å². The van der Waals surface area contributed by atoms with Gasteiger partial charge in [0.1, 0.15) is 17.8 Å². The number of aryl methyl sites for hydroxylation is 2. The lowest BCUT2D eigenvalue weighted by Gasteiger charge is -2.08. The van der Waals surface area contributed by atoms with Gasteiger partial charge < -0.3 is 9.88 Å². The Hall–Kier alpha value is -2.84. The van der Waals surface area contributed by atoms with Gasteiger partial charge >= 0.3 is 0 Å². The number of aromatic nitrogens is 8. The van der Waals surface area contributed by atoms with Crippen molar-refractivity contribution in [2.75, 3.05) is 5.32 Å². The zero-order valence-electron chi connectivity index (χ0n) is 13.6. The lowest BCUT2D eigenvalue weighted by atomic mass is 10.2. The maximum Gasteiger partial charge on any atom is 0.223 e. The second-order valence-corrected chi connectivity index (χ2v) is 5.82. The molecule has 4 rings (SSSR count). The molecule has 24 heavy (non-hydrogen) atoms. The van der Waals surface area contributed by atoms with Gasteiger partial charge in [0.2, 0.25) is 5.95 Å². The second kappa shape index (κ2) is 6.34. The van der Waals surface area contributed by atoms with E-state index in [0.717, 1.165) is 30.3 Å². The van der Waals surface area contributed by atoms with E-state index >= 15 is 0 Å². The maximum absolute atomic E-state index is 4.50. The van der Waals surface area contributed by atoms with Crippen molar-refractivity contribution in [3.8, 4) is 11.5 Å². The molecular weight excluding hydrogens is 306 g/mol. The van der Waals surface area contributed by atoms with Crippen molar-refractivity contribution in [2.24, 2.45) is 7.05 Å². The Balaban J connectivity index is 1.51. The molecule has 0 saturated heterocycles. The number of nitrogens with one attached hydrogen (secondary N) is 1. The number of hydrogen-bond donors (Lipinski definition) is 1. The Morgan fingerprint density at radius 2 is 2.12 bits per heavy atom. The van der Waals surface area contributed by atoms with Gasteiger partial charge in [-0.3, -0.25) is 0 Å². The SMILES string of the molecule is Cn1ncnc1-c1ccnc(NCc2nnc3n2CCCCC3)n1. The minimum Gasteiger partial charge on any atom is -0.347 e. The molecule has 9 nitrogen and oxygen atoms in total. The maximum atomic E-state index is 4.50. The molecule has 0 spiro atoms. The van der Waals surface area contributed by atoms with Crippen LogP contribution in [0.1, 0.15) is 30.9 Å². The van der Waals surface area contributed by atoms with E-state index in [0.29, 0.717) is 18.3 Å². The summed E-state index contributed by atoms with van der Waals surface area (Å²) < 4.78 is 3.90. The summed E-state index contributed by atoms with van der Waals surface area (Å²) in [6.07, 6.45) is 7.84. The largest absolute Gasteiger partial charge is 0.347 e. The predicted molar refractivity (Wildman–Crippen MR) is 86.9 cm³/mol. The first kappa shape index (κ1) is 14.7. The van der Waals surface area contributed by atoms with Crippen molar-refractivity contribution in [1.82, 2.24) is 39.5 Å². The smallest absolute Gasteiger partial charge is 0.223 e. The summed E-state index contributed by atoms with van der Waals surface area (Å²) in [6, 6.07) is 1.82. The van der Waals surface area contributed by atoms with Crippen molar-refractivity contribution in [1.29, 1.82) is 0 Å². The topological polar surface area (TPSA) is 99.2 Å². The zero-order chi connectivity index (χ0) is 16.4. The molecule has 4 heterocycles. The van der Waals surface area contributed by atoms with Crippen LogP contribution in [-0.2, 0) is 26.6 Å². The molecule has 0 saturated carbocycles. The fraction of sp³-hybridized carbons (Fsp3) is 0.467. The second-order valence-electron chi connectivity index (χ2n) is 5.82. The highest BCUT2D eigenvalue weighted by Gasteiger charge is 2.15. The Labute approximate surface area is 139 Å². The first-order valence-corrected chi connectivity index (χ1v) is 8.13. The molecule has 3 aromatic heterocycles. The summed E-state index contributed by atoms with van der Waals surface area (Å²) in [5.74, 6) is 3.26. The molecule has 0 unspecified atom stereocenters. The molecule has 0 fully saturated rings. The summed E-state index contributed by atoms with van der Waals surface area (Å²) in [7, 11) is 1.84. The molecule has 1 aliphatic rings. The van der Waals surface area contributed by atoms with Crippen LogP contribution in [0.5, 0.6) is 0 Å². The normalized spacial score (nSPS) is 14.2. The summed E-state index contributed by atoms with van der Waals surface area (Å²) in [4.78, 5) is 13.0. The van der Waals surface area contributed by atoms with E-state index in [-0.39, 0.29) is 0 Å². The van der Waals surface area contributed by atoms with Crippen molar-refractivity contribution in [3.63, 3.8) is 0 Å². The van der Waals surface area contributed by atoms with Gasteiger partial charge in [0, 0.05) is 26.2 Å². The van der Waals surface area contributed by atoms with Gasteiger partial charge in [-0.15, -0.1) is 10.2 Å². The van der Waals surface area contributed by atoms with Gasteiger partial charge in [-0.25, -0.2) is 19.6 Å². The number of rotatable bonds is 4. The van der Waals surface area contributed by atoms with Gasteiger partial charge in [-0.1, -0.05) is 6.42 Å². The van der Waals surface area contributed by atoms with Crippen LogP contribution in [0.4, 0.5) is 5.95 Å². The van der Waals surface area contributed by atoms with Crippen LogP contribution in [-0.4, -0.2) is 39.5 Å². The van der Waals surface area contributed by atoms with E-state index in [9.17, 15) is 0 Å². The van der Waals surface area contributed by atoms with Crippen molar-refractivity contribution in [3.05, 3.63) is 30.2 Å². The number of hydrogen-bond acceptors (Lipinski definition) is 7. The Bertz CT molecular complexity index is 835. The van der Waals surface area contributed by atoms with Crippen molar-refractivity contribution in [2.45, 2.75) is 38.8 Å². The van der Waals surface area contributed by atoms with Crippen LogP contribution in [0.25, 0.3) is 11.5 Å². The predicted octanol–water partition coefficient (Wildman–Crippen LogP) is 1.20.